The van der Waals surface area contributed by atoms with Crippen LogP contribution in [0.5, 0.6) is 11.6 Å². The Balaban J connectivity index is 1.97. The maximum atomic E-state index is 5.33. The maximum Gasteiger partial charge on any atom is 0.218 e. The molecule has 2 rings (SSSR count). The summed E-state index contributed by atoms with van der Waals surface area (Å²) in [6.07, 6.45) is 0.857. The molecule has 1 aromatic carbocycles. The van der Waals surface area contributed by atoms with E-state index in [1.54, 1.807) is 20.3 Å². The summed E-state index contributed by atoms with van der Waals surface area (Å²) in [5.41, 5.74) is 1.17. The monoisotopic (exact) mass is 273 g/mol. The second-order valence-electron chi connectivity index (χ2n) is 4.33. The van der Waals surface area contributed by atoms with Crippen molar-refractivity contribution in [1.29, 1.82) is 0 Å². The molecule has 0 bridgehead atoms. The van der Waals surface area contributed by atoms with E-state index < -0.39 is 0 Å². The molecule has 0 amide bonds. The van der Waals surface area contributed by atoms with Gasteiger partial charge in [0, 0.05) is 12.6 Å². The highest BCUT2D eigenvalue weighted by Gasteiger charge is 2.03. The van der Waals surface area contributed by atoms with E-state index in [2.05, 4.69) is 21.4 Å². The van der Waals surface area contributed by atoms with E-state index >= 15 is 0 Å². The molecule has 0 spiro atoms. The lowest BCUT2D eigenvalue weighted by atomic mass is 10.1. The van der Waals surface area contributed by atoms with Crippen LogP contribution in [0.15, 0.2) is 30.3 Å². The van der Waals surface area contributed by atoms with Crippen LogP contribution >= 0.6 is 0 Å². The molecule has 0 fully saturated rings. The third-order valence-corrected chi connectivity index (χ3v) is 2.92. The first-order chi connectivity index (χ1) is 9.72. The minimum Gasteiger partial charge on any atom is -0.496 e. The minimum atomic E-state index is 0.567. The van der Waals surface area contributed by atoms with Gasteiger partial charge >= 0.3 is 0 Å². The first-order valence-electron chi connectivity index (χ1n) is 6.48. The number of anilines is 1. The van der Waals surface area contributed by atoms with Crippen LogP contribution in [0.3, 0.4) is 0 Å². The molecule has 2 aromatic rings. The fraction of sp³-hybridized carbons (Fsp3) is 0.333. The topological polar surface area (TPSA) is 56.3 Å². The lowest BCUT2D eigenvalue weighted by Gasteiger charge is -2.10. The van der Waals surface area contributed by atoms with Gasteiger partial charge in [-0.2, -0.15) is 4.98 Å². The van der Waals surface area contributed by atoms with Crippen LogP contribution in [0.1, 0.15) is 11.4 Å². The summed E-state index contributed by atoms with van der Waals surface area (Å²) in [7, 11) is 3.28. The first-order valence-corrected chi connectivity index (χ1v) is 6.48. The Hall–Kier alpha value is -2.30. The minimum absolute atomic E-state index is 0.567. The van der Waals surface area contributed by atoms with Gasteiger partial charge in [0.1, 0.15) is 17.4 Å². The van der Waals surface area contributed by atoms with Crippen molar-refractivity contribution in [2.75, 3.05) is 26.1 Å². The number of hydrogen-bond donors (Lipinski definition) is 1. The van der Waals surface area contributed by atoms with Crippen molar-refractivity contribution in [3.63, 3.8) is 0 Å². The highest BCUT2D eigenvalue weighted by atomic mass is 16.5. The van der Waals surface area contributed by atoms with Crippen molar-refractivity contribution >= 4 is 5.82 Å². The average molecular weight is 273 g/mol. The predicted molar refractivity (Wildman–Crippen MR) is 78.5 cm³/mol. The van der Waals surface area contributed by atoms with E-state index in [1.165, 1.54) is 5.56 Å². The number of hydrogen-bond acceptors (Lipinski definition) is 5. The number of benzene rings is 1. The Labute approximate surface area is 119 Å². The normalized spacial score (nSPS) is 10.2. The third-order valence-electron chi connectivity index (χ3n) is 2.92. The SMILES string of the molecule is COc1cc(NCCc2ccccc2OC)nc(C)n1. The molecular weight excluding hydrogens is 254 g/mol. The average Bonchev–Trinajstić information content (AvgIpc) is 2.47. The van der Waals surface area contributed by atoms with Crippen LogP contribution in [-0.2, 0) is 6.42 Å². The molecule has 1 aromatic heterocycles. The van der Waals surface area contributed by atoms with Crippen molar-refractivity contribution in [3.05, 3.63) is 41.7 Å². The van der Waals surface area contributed by atoms with E-state index in [0.29, 0.717) is 11.7 Å². The molecule has 1 N–H and O–H groups in total. The number of nitrogens with one attached hydrogen (secondary N) is 1. The maximum absolute atomic E-state index is 5.33. The van der Waals surface area contributed by atoms with Gasteiger partial charge in [-0.3, -0.25) is 0 Å². The number of aromatic nitrogens is 2. The van der Waals surface area contributed by atoms with E-state index in [1.807, 2.05) is 25.1 Å². The smallest absolute Gasteiger partial charge is 0.218 e. The van der Waals surface area contributed by atoms with Crippen LogP contribution in [0, 0.1) is 6.92 Å². The standard InChI is InChI=1S/C15H19N3O2/c1-11-17-14(10-15(18-11)20-3)16-9-8-12-6-4-5-7-13(12)19-2/h4-7,10H,8-9H2,1-3H3,(H,16,17,18). The highest BCUT2D eigenvalue weighted by molar-refractivity contribution is 5.39. The van der Waals surface area contributed by atoms with Crippen LogP contribution in [0.25, 0.3) is 0 Å². The van der Waals surface area contributed by atoms with E-state index in [4.69, 9.17) is 9.47 Å². The fourth-order valence-corrected chi connectivity index (χ4v) is 1.97. The van der Waals surface area contributed by atoms with Gasteiger partial charge in [-0.1, -0.05) is 18.2 Å². The van der Waals surface area contributed by atoms with Crippen LogP contribution in [0.2, 0.25) is 0 Å². The van der Waals surface area contributed by atoms with Gasteiger partial charge in [-0.25, -0.2) is 4.98 Å². The van der Waals surface area contributed by atoms with Gasteiger partial charge in [0.05, 0.1) is 14.2 Å². The molecule has 0 unspecified atom stereocenters. The van der Waals surface area contributed by atoms with Crippen molar-refractivity contribution in [1.82, 2.24) is 9.97 Å². The van der Waals surface area contributed by atoms with Gasteiger partial charge in [-0.15, -0.1) is 0 Å². The number of nitrogens with zero attached hydrogens (tertiary/aromatic N) is 2. The van der Waals surface area contributed by atoms with Gasteiger partial charge in [0.25, 0.3) is 0 Å². The van der Waals surface area contributed by atoms with Crippen LogP contribution < -0.4 is 14.8 Å². The zero-order valence-electron chi connectivity index (χ0n) is 12.0. The van der Waals surface area contributed by atoms with Gasteiger partial charge < -0.3 is 14.8 Å². The van der Waals surface area contributed by atoms with Crippen molar-refractivity contribution in [3.8, 4) is 11.6 Å². The molecular formula is C15H19N3O2. The number of methoxy groups -OCH3 is 2. The fourth-order valence-electron chi connectivity index (χ4n) is 1.97. The summed E-state index contributed by atoms with van der Waals surface area (Å²) in [6.45, 7) is 2.61. The summed E-state index contributed by atoms with van der Waals surface area (Å²) in [5.74, 6) is 2.93. The molecule has 106 valence electrons. The first kappa shape index (κ1) is 14.1. The molecule has 0 aliphatic carbocycles. The Morgan fingerprint density at radius 2 is 1.90 bits per heavy atom. The Kier molecular flexibility index (Phi) is 4.76. The number of para-hydroxylation sites is 1. The molecule has 1 heterocycles. The molecule has 20 heavy (non-hydrogen) atoms. The van der Waals surface area contributed by atoms with Gasteiger partial charge in [0.2, 0.25) is 5.88 Å². The van der Waals surface area contributed by atoms with Gasteiger partial charge in [0.15, 0.2) is 0 Å². The van der Waals surface area contributed by atoms with Crippen molar-refractivity contribution < 1.29 is 9.47 Å². The lowest BCUT2D eigenvalue weighted by Crippen LogP contribution is -2.08. The number of aryl methyl sites for hydroxylation is 1. The summed E-state index contributed by atoms with van der Waals surface area (Å²) < 4.78 is 10.5. The van der Waals surface area contributed by atoms with Crippen molar-refractivity contribution in [2.45, 2.75) is 13.3 Å². The second kappa shape index (κ2) is 6.75. The van der Waals surface area contributed by atoms with Crippen molar-refractivity contribution in [2.24, 2.45) is 0 Å². The molecule has 0 aliphatic heterocycles. The Bertz CT molecular complexity index is 573. The molecule has 0 saturated heterocycles. The number of rotatable bonds is 6. The van der Waals surface area contributed by atoms with E-state index in [-0.39, 0.29) is 0 Å². The molecule has 5 nitrogen and oxygen atoms in total. The summed E-state index contributed by atoms with van der Waals surface area (Å²) in [6, 6.07) is 9.79. The van der Waals surface area contributed by atoms with Crippen LogP contribution in [-0.4, -0.2) is 30.7 Å². The number of ether oxygens (including phenoxy) is 2. The molecule has 0 radical (unpaired) electrons. The molecule has 0 atom stereocenters. The van der Waals surface area contributed by atoms with Gasteiger partial charge in [-0.05, 0) is 25.0 Å². The summed E-state index contributed by atoms with van der Waals surface area (Å²) in [4.78, 5) is 8.47. The Morgan fingerprint density at radius 3 is 2.65 bits per heavy atom. The summed E-state index contributed by atoms with van der Waals surface area (Å²) in [5, 5.41) is 3.27. The summed E-state index contributed by atoms with van der Waals surface area (Å²) >= 11 is 0. The van der Waals surface area contributed by atoms with Crippen LogP contribution in [0.4, 0.5) is 5.82 Å². The largest absolute Gasteiger partial charge is 0.496 e. The second-order valence-corrected chi connectivity index (χ2v) is 4.33. The predicted octanol–water partition coefficient (Wildman–Crippen LogP) is 2.46. The zero-order valence-corrected chi connectivity index (χ0v) is 12.0. The lowest BCUT2D eigenvalue weighted by molar-refractivity contribution is 0.396. The quantitative estimate of drug-likeness (QED) is 0.876. The Morgan fingerprint density at radius 1 is 1.10 bits per heavy atom. The third kappa shape index (κ3) is 3.60. The highest BCUT2D eigenvalue weighted by Crippen LogP contribution is 2.18. The molecule has 5 heteroatoms. The van der Waals surface area contributed by atoms with E-state index in [9.17, 15) is 0 Å². The zero-order chi connectivity index (χ0) is 14.4. The molecule has 0 aliphatic rings. The van der Waals surface area contributed by atoms with E-state index in [0.717, 1.165) is 24.5 Å². The molecule has 0 saturated carbocycles.